The van der Waals surface area contributed by atoms with Crippen LogP contribution in [0.5, 0.6) is 0 Å². The number of carbonyl (C=O) groups excluding carboxylic acids is 3. The molecule has 2 rings (SSSR count). The Morgan fingerprint density at radius 3 is 1.96 bits per heavy atom. The van der Waals surface area contributed by atoms with E-state index in [0.29, 0.717) is 23.6 Å². The van der Waals surface area contributed by atoms with Crippen molar-refractivity contribution in [3.8, 4) is 0 Å². The predicted octanol–water partition coefficient (Wildman–Crippen LogP) is 3.60. The summed E-state index contributed by atoms with van der Waals surface area (Å²) in [4.78, 5) is 34.6. The van der Waals surface area contributed by atoms with Gasteiger partial charge in [0, 0.05) is 36.6 Å². The largest absolute Gasteiger partial charge is 0.334 e. The maximum absolute atomic E-state index is 12.0. The fraction of sp³-hybridized carbons (Fsp3) is 0.0952. The highest BCUT2D eigenvalue weighted by Gasteiger charge is 2.02. The highest BCUT2D eigenvalue weighted by molar-refractivity contribution is 6.02. The summed E-state index contributed by atoms with van der Waals surface area (Å²) in [6.45, 7) is 5.34. The van der Waals surface area contributed by atoms with Crippen molar-refractivity contribution < 1.29 is 14.4 Å². The lowest BCUT2D eigenvalue weighted by Crippen LogP contribution is -2.28. The Balaban J connectivity index is 1.86. The number of benzene rings is 2. The van der Waals surface area contributed by atoms with Crippen molar-refractivity contribution in [2.24, 2.45) is 0 Å². The van der Waals surface area contributed by atoms with E-state index in [4.69, 9.17) is 0 Å². The molecule has 0 saturated carbocycles. The van der Waals surface area contributed by atoms with Crippen LogP contribution in [0.2, 0.25) is 0 Å². The third-order valence-corrected chi connectivity index (χ3v) is 3.48. The molecule has 0 unspecified atom stereocenters. The molecule has 0 atom stereocenters. The zero-order chi connectivity index (χ0) is 20.4. The summed E-state index contributed by atoms with van der Waals surface area (Å²) < 4.78 is 0. The van der Waals surface area contributed by atoms with Crippen molar-refractivity contribution in [3.05, 3.63) is 72.8 Å². The van der Waals surface area contributed by atoms with Crippen LogP contribution < -0.4 is 21.3 Å². The van der Waals surface area contributed by atoms with Gasteiger partial charge in [-0.1, -0.05) is 18.2 Å². The molecular weight excluding hydrogens is 356 g/mol. The monoisotopic (exact) mass is 378 g/mol. The van der Waals surface area contributed by atoms with Gasteiger partial charge in [0.1, 0.15) is 0 Å². The van der Waals surface area contributed by atoms with Crippen molar-refractivity contribution in [3.63, 3.8) is 0 Å². The average molecular weight is 378 g/mol. The highest BCUT2D eigenvalue weighted by Crippen LogP contribution is 2.14. The minimum atomic E-state index is -0.329. The molecule has 28 heavy (non-hydrogen) atoms. The number of hydrogen-bond donors (Lipinski definition) is 4. The Hall–Kier alpha value is -3.87. The second-order valence-corrected chi connectivity index (χ2v) is 5.83. The SMILES string of the molecule is C=CCNC(=O)Nc1ccc(NC(=O)/C=C/c2ccc(NC(C)=O)cc2)cc1. The molecule has 0 spiro atoms. The molecule has 7 nitrogen and oxygen atoms in total. The average Bonchev–Trinajstić information content (AvgIpc) is 2.67. The highest BCUT2D eigenvalue weighted by atomic mass is 16.2. The van der Waals surface area contributed by atoms with Crippen molar-refractivity contribution in [2.75, 3.05) is 22.5 Å². The molecule has 2 aromatic carbocycles. The summed E-state index contributed by atoms with van der Waals surface area (Å²) in [6, 6.07) is 13.5. The summed E-state index contributed by atoms with van der Waals surface area (Å²) in [5, 5.41) is 10.7. The van der Waals surface area contributed by atoms with Crippen LogP contribution in [0.1, 0.15) is 12.5 Å². The summed E-state index contributed by atoms with van der Waals surface area (Å²) >= 11 is 0. The van der Waals surface area contributed by atoms with Gasteiger partial charge in [-0.2, -0.15) is 0 Å². The van der Waals surface area contributed by atoms with E-state index in [-0.39, 0.29) is 17.8 Å². The van der Waals surface area contributed by atoms with E-state index in [9.17, 15) is 14.4 Å². The van der Waals surface area contributed by atoms with Crippen molar-refractivity contribution in [1.29, 1.82) is 0 Å². The zero-order valence-corrected chi connectivity index (χ0v) is 15.5. The van der Waals surface area contributed by atoms with Crippen molar-refractivity contribution in [1.82, 2.24) is 5.32 Å². The number of urea groups is 1. The van der Waals surface area contributed by atoms with Gasteiger partial charge in [0.2, 0.25) is 11.8 Å². The predicted molar refractivity (Wildman–Crippen MR) is 112 cm³/mol. The molecule has 0 heterocycles. The minimum Gasteiger partial charge on any atom is -0.334 e. The van der Waals surface area contributed by atoms with Gasteiger partial charge < -0.3 is 21.3 Å². The Morgan fingerprint density at radius 2 is 1.39 bits per heavy atom. The minimum absolute atomic E-state index is 0.138. The first-order valence-corrected chi connectivity index (χ1v) is 8.59. The molecule has 4 amide bonds. The Kier molecular flexibility index (Phi) is 7.53. The lowest BCUT2D eigenvalue weighted by atomic mass is 10.2. The summed E-state index contributed by atoms with van der Waals surface area (Å²) in [7, 11) is 0. The van der Waals surface area contributed by atoms with Gasteiger partial charge in [0.25, 0.3) is 0 Å². The number of rotatable bonds is 7. The van der Waals surface area contributed by atoms with E-state index in [0.717, 1.165) is 5.56 Å². The van der Waals surface area contributed by atoms with Gasteiger partial charge in [-0.25, -0.2) is 4.79 Å². The zero-order valence-electron chi connectivity index (χ0n) is 15.5. The van der Waals surface area contributed by atoms with Crippen molar-refractivity contribution >= 4 is 41.0 Å². The molecule has 0 saturated heterocycles. The van der Waals surface area contributed by atoms with E-state index in [1.54, 1.807) is 60.7 Å². The third kappa shape index (κ3) is 7.17. The van der Waals surface area contributed by atoms with Gasteiger partial charge in [-0.15, -0.1) is 6.58 Å². The van der Waals surface area contributed by atoms with E-state index in [1.165, 1.54) is 13.0 Å². The summed E-state index contributed by atoms with van der Waals surface area (Å²) in [5.74, 6) is -0.420. The lowest BCUT2D eigenvalue weighted by molar-refractivity contribution is -0.114. The van der Waals surface area contributed by atoms with E-state index >= 15 is 0 Å². The Morgan fingerprint density at radius 1 is 0.857 bits per heavy atom. The standard InChI is InChI=1S/C21H22N4O3/c1-3-14-22-21(28)25-19-11-9-18(10-12-19)24-20(27)13-6-16-4-7-17(8-5-16)23-15(2)26/h3-13H,1,14H2,2H3,(H,23,26)(H,24,27)(H2,22,25,28)/b13-6+. The number of amides is 4. The van der Waals surface area contributed by atoms with Crippen LogP contribution in [0.25, 0.3) is 6.08 Å². The van der Waals surface area contributed by atoms with Gasteiger partial charge in [-0.05, 0) is 48.0 Å². The van der Waals surface area contributed by atoms with E-state index < -0.39 is 0 Å². The van der Waals surface area contributed by atoms with Crippen LogP contribution in [-0.2, 0) is 9.59 Å². The second-order valence-electron chi connectivity index (χ2n) is 5.83. The van der Waals surface area contributed by atoms with Gasteiger partial charge >= 0.3 is 6.03 Å². The van der Waals surface area contributed by atoms with Crippen LogP contribution in [0, 0.1) is 0 Å². The van der Waals surface area contributed by atoms with Gasteiger partial charge in [-0.3, -0.25) is 9.59 Å². The molecule has 0 radical (unpaired) electrons. The van der Waals surface area contributed by atoms with Crippen LogP contribution >= 0.6 is 0 Å². The first-order chi connectivity index (χ1) is 13.5. The Bertz CT molecular complexity index is 872. The van der Waals surface area contributed by atoms with E-state index in [1.807, 2.05) is 0 Å². The van der Waals surface area contributed by atoms with E-state index in [2.05, 4.69) is 27.8 Å². The van der Waals surface area contributed by atoms with Gasteiger partial charge in [0.15, 0.2) is 0 Å². The Labute approximate surface area is 163 Å². The van der Waals surface area contributed by atoms with Crippen LogP contribution in [0.3, 0.4) is 0 Å². The molecule has 0 aromatic heterocycles. The third-order valence-electron chi connectivity index (χ3n) is 3.48. The first kappa shape index (κ1) is 20.4. The normalized spacial score (nSPS) is 10.2. The molecule has 0 aliphatic carbocycles. The first-order valence-electron chi connectivity index (χ1n) is 8.59. The van der Waals surface area contributed by atoms with Crippen LogP contribution in [-0.4, -0.2) is 24.4 Å². The molecule has 0 aliphatic rings. The van der Waals surface area contributed by atoms with Crippen LogP contribution in [0.4, 0.5) is 21.9 Å². The smallest absolute Gasteiger partial charge is 0.319 e. The molecule has 2 aromatic rings. The fourth-order valence-corrected chi connectivity index (χ4v) is 2.21. The van der Waals surface area contributed by atoms with Crippen molar-refractivity contribution in [2.45, 2.75) is 6.92 Å². The molecule has 144 valence electrons. The second kappa shape index (κ2) is 10.3. The summed E-state index contributed by atoms with van der Waals surface area (Å²) in [6.07, 6.45) is 4.68. The quantitative estimate of drug-likeness (QED) is 0.437. The van der Waals surface area contributed by atoms with Gasteiger partial charge in [0.05, 0.1) is 0 Å². The molecule has 4 N–H and O–H groups in total. The lowest BCUT2D eigenvalue weighted by Gasteiger charge is -2.07. The maximum atomic E-state index is 12.0. The molecule has 0 aliphatic heterocycles. The number of anilines is 3. The maximum Gasteiger partial charge on any atom is 0.319 e. The number of nitrogens with one attached hydrogen (secondary N) is 4. The van der Waals surface area contributed by atoms with Crippen LogP contribution in [0.15, 0.2) is 67.3 Å². The number of carbonyl (C=O) groups is 3. The topological polar surface area (TPSA) is 99.3 Å². The summed E-state index contributed by atoms with van der Waals surface area (Å²) in [5.41, 5.74) is 2.73. The molecule has 0 bridgehead atoms. The molecule has 0 fully saturated rings. The fourth-order valence-electron chi connectivity index (χ4n) is 2.21. The molecular formula is C21H22N4O3. The number of hydrogen-bond acceptors (Lipinski definition) is 3. The molecule has 7 heteroatoms.